The summed E-state index contributed by atoms with van der Waals surface area (Å²) in [6, 6.07) is 8.38. The molecular weight excluding hydrogens is 388 g/mol. The highest BCUT2D eigenvalue weighted by Gasteiger charge is 2.26. The molecule has 1 N–H and O–H groups in total. The van der Waals surface area contributed by atoms with Gasteiger partial charge in [0.15, 0.2) is 0 Å². The molecule has 2 aliphatic rings. The monoisotopic (exact) mass is 415 g/mol. The zero-order chi connectivity index (χ0) is 21.3. The Bertz CT molecular complexity index is 911. The Kier molecular flexibility index (Phi) is 5.93. The molecule has 0 amide bonds. The summed E-state index contributed by atoms with van der Waals surface area (Å²) in [4.78, 5) is 12.6. The number of carboxylic acid groups (broad SMARTS) is 1. The number of hydrogen-bond donors (Lipinski definition) is 1. The van der Waals surface area contributed by atoms with Gasteiger partial charge in [-0.25, -0.2) is 8.78 Å². The van der Waals surface area contributed by atoms with Crippen LogP contribution in [0.4, 0.5) is 14.5 Å². The third kappa shape index (κ3) is 4.42. The Hall–Kier alpha value is -2.63. The van der Waals surface area contributed by atoms with Gasteiger partial charge >= 0.3 is 5.97 Å². The molecule has 1 aliphatic carbocycles. The van der Waals surface area contributed by atoms with Gasteiger partial charge in [-0.1, -0.05) is 12.1 Å². The van der Waals surface area contributed by atoms with Gasteiger partial charge in [0, 0.05) is 19.5 Å². The highest BCUT2D eigenvalue weighted by atomic mass is 19.1. The predicted molar refractivity (Wildman–Crippen MR) is 112 cm³/mol. The maximum Gasteiger partial charge on any atom is 0.303 e. The number of benzene rings is 2. The number of carboxylic acids is 1. The number of halogens is 2. The van der Waals surface area contributed by atoms with Crippen molar-refractivity contribution in [3.05, 3.63) is 47.5 Å². The number of anilines is 1. The van der Waals surface area contributed by atoms with Crippen molar-refractivity contribution in [2.24, 2.45) is 5.92 Å². The highest BCUT2D eigenvalue weighted by molar-refractivity contribution is 5.69. The Balaban J connectivity index is 1.53. The molecule has 0 radical (unpaired) electrons. The summed E-state index contributed by atoms with van der Waals surface area (Å²) >= 11 is 0. The fraction of sp³-hybridized carbons (Fsp3) is 0.458. The normalized spacial score (nSPS) is 17.6. The molecular formula is C24H27F2NO3. The van der Waals surface area contributed by atoms with Gasteiger partial charge in [-0.15, -0.1) is 0 Å². The van der Waals surface area contributed by atoms with Crippen LogP contribution in [0, 0.1) is 24.5 Å². The minimum absolute atomic E-state index is 0.0226. The Morgan fingerprint density at radius 1 is 1.07 bits per heavy atom. The summed E-state index contributed by atoms with van der Waals surface area (Å²) < 4.78 is 35.9. The van der Waals surface area contributed by atoms with Crippen LogP contribution in [-0.2, 0) is 4.79 Å². The molecule has 30 heavy (non-hydrogen) atoms. The van der Waals surface area contributed by atoms with Gasteiger partial charge in [0.1, 0.15) is 23.1 Å². The molecule has 160 valence electrons. The van der Waals surface area contributed by atoms with Gasteiger partial charge in [0.25, 0.3) is 0 Å². The number of aliphatic carboxylic acids is 1. The van der Waals surface area contributed by atoms with E-state index in [1.165, 1.54) is 18.6 Å². The van der Waals surface area contributed by atoms with E-state index in [1.807, 2.05) is 25.1 Å². The first-order valence-corrected chi connectivity index (χ1v) is 10.6. The van der Waals surface area contributed by atoms with Crippen molar-refractivity contribution in [1.82, 2.24) is 0 Å². The summed E-state index contributed by atoms with van der Waals surface area (Å²) in [5.41, 5.74) is 2.19. The second-order valence-corrected chi connectivity index (χ2v) is 8.47. The zero-order valence-corrected chi connectivity index (χ0v) is 17.2. The molecule has 0 unspecified atom stereocenters. The van der Waals surface area contributed by atoms with Crippen LogP contribution in [-0.4, -0.2) is 30.3 Å². The lowest BCUT2D eigenvalue weighted by Gasteiger charge is -2.33. The molecule has 4 rings (SSSR count). The van der Waals surface area contributed by atoms with E-state index < -0.39 is 17.6 Å². The third-order valence-electron chi connectivity index (χ3n) is 6.28. The topological polar surface area (TPSA) is 49.8 Å². The van der Waals surface area contributed by atoms with Crippen LogP contribution >= 0.6 is 0 Å². The van der Waals surface area contributed by atoms with Crippen molar-refractivity contribution < 1.29 is 23.4 Å². The fourth-order valence-electron chi connectivity index (χ4n) is 4.22. The summed E-state index contributed by atoms with van der Waals surface area (Å²) in [5, 5.41) is 8.94. The van der Waals surface area contributed by atoms with Crippen LogP contribution in [0.5, 0.6) is 5.75 Å². The molecule has 1 aliphatic heterocycles. The lowest BCUT2D eigenvalue weighted by atomic mass is 9.93. The van der Waals surface area contributed by atoms with E-state index in [0.717, 1.165) is 29.7 Å². The Morgan fingerprint density at radius 2 is 1.73 bits per heavy atom. The Labute approximate surface area is 175 Å². The minimum Gasteiger partial charge on any atom is -0.490 e. The standard InChI is InChI=1S/C24H27F2NO3/c1-15-5-6-17(14-22(15)30-19-3-2-4-19)18-12-20(25)24(21(26)13-18)27-9-7-16(8-10-27)11-23(28)29/h5-6,12-14,16,19H,2-4,7-11H2,1H3,(H,28,29). The van der Waals surface area contributed by atoms with Crippen LogP contribution in [0.15, 0.2) is 30.3 Å². The average Bonchev–Trinajstić information content (AvgIpc) is 2.66. The molecule has 0 atom stereocenters. The summed E-state index contributed by atoms with van der Waals surface area (Å²) in [7, 11) is 0. The maximum atomic E-state index is 14.9. The first-order valence-electron chi connectivity index (χ1n) is 10.6. The minimum atomic E-state index is -0.825. The predicted octanol–water partition coefficient (Wildman–Crippen LogP) is 5.56. The third-order valence-corrected chi connectivity index (χ3v) is 6.28. The highest BCUT2D eigenvalue weighted by Crippen LogP contribution is 2.35. The molecule has 2 aromatic carbocycles. The number of aryl methyl sites for hydroxylation is 1. The molecule has 0 spiro atoms. The summed E-state index contributed by atoms with van der Waals surface area (Å²) in [6.45, 7) is 2.88. The average molecular weight is 415 g/mol. The van der Waals surface area contributed by atoms with Gasteiger partial charge in [0.2, 0.25) is 0 Å². The van der Waals surface area contributed by atoms with E-state index in [0.29, 0.717) is 31.5 Å². The largest absolute Gasteiger partial charge is 0.490 e. The lowest BCUT2D eigenvalue weighted by Crippen LogP contribution is -2.35. The van der Waals surface area contributed by atoms with Crippen LogP contribution in [0.25, 0.3) is 11.1 Å². The molecule has 2 fully saturated rings. The van der Waals surface area contributed by atoms with Crippen LogP contribution in [0.2, 0.25) is 0 Å². The number of ether oxygens (including phenoxy) is 1. The van der Waals surface area contributed by atoms with E-state index in [4.69, 9.17) is 9.84 Å². The van der Waals surface area contributed by atoms with Crippen LogP contribution < -0.4 is 9.64 Å². The van der Waals surface area contributed by atoms with Gasteiger partial charge in [-0.2, -0.15) is 0 Å². The van der Waals surface area contributed by atoms with Crippen molar-refractivity contribution in [1.29, 1.82) is 0 Å². The SMILES string of the molecule is Cc1ccc(-c2cc(F)c(N3CCC(CC(=O)O)CC3)c(F)c2)cc1OC1CCC1. The van der Waals surface area contributed by atoms with E-state index in [-0.39, 0.29) is 24.1 Å². The van der Waals surface area contributed by atoms with Gasteiger partial charge < -0.3 is 14.7 Å². The Morgan fingerprint density at radius 3 is 2.30 bits per heavy atom. The number of nitrogens with zero attached hydrogens (tertiary/aromatic N) is 1. The van der Waals surface area contributed by atoms with Crippen molar-refractivity contribution >= 4 is 11.7 Å². The van der Waals surface area contributed by atoms with Crippen molar-refractivity contribution in [3.8, 4) is 16.9 Å². The summed E-state index contributed by atoms with van der Waals surface area (Å²) in [6.07, 6.45) is 4.85. The number of carbonyl (C=O) groups is 1. The molecule has 0 aromatic heterocycles. The molecule has 4 nitrogen and oxygen atoms in total. The van der Waals surface area contributed by atoms with E-state index in [1.54, 1.807) is 4.90 Å². The second-order valence-electron chi connectivity index (χ2n) is 8.47. The fourth-order valence-corrected chi connectivity index (χ4v) is 4.22. The van der Waals surface area contributed by atoms with Crippen molar-refractivity contribution in [2.75, 3.05) is 18.0 Å². The van der Waals surface area contributed by atoms with Gasteiger partial charge in [-0.3, -0.25) is 4.79 Å². The molecule has 6 heteroatoms. The van der Waals surface area contributed by atoms with Gasteiger partial charge in [0.05, 0.1) is 6.10 Å². The van der Waals surface area contributed by atoms with E-state index in [2.05, 4.69) is 0 Å². The molecule has 0 bridgehead atoms. The lowest BCUT2D eigenvalue weighted by molar-refractivity contribution is -0.138. The summed E-state index contributed by atoms with van der Waals surface area (Å²) in [5.74, 6) is -1.19. The van der Waals surface area contributed by atoms with Gasteiger partial charge in [-0.05, 0) is 79.8 Å². The van der Waals surface area contributed by atoms with E-state index in [9.17, 15) is 13.6 Å². The van der Waals surface area contributed by atoms with Crippen molar-refractivity contribution in [2.45, 2.75) is 51.6 Å². The van der Waals surface area contributed by atoms with Crippen LogP contribution in [0.3, 0.4) is 0 Å². The smallest absolute Gasteiger partial charge is 0.303 e. The first kappa shape index (κ1) is 20.6. The zero-order valence-electron chi connectivity index (χ0n) is 17.2. The first-order chi connectivity index (χ1) is 14.4. The quantitative estimate of drug-likeness (QED) is 0.671. The second kappa shape index (κ2) is 8.62. The van der Waals surface area contributed by atoms with E-state index >= 15 is 0 Å². The molecule has 1 saturated heterocycles. The number of rotatable bonds is 6. The number of hydrogen-bond acceptors (Lipinski definition) is 3. The molecule has 1 saturated carbocycles. The maximum absolute atomic E-state index is 14.9. The molecule has 1 heterocycles. The van der Waals surface area contributed by atoms with Crippen LogP contribution in [0.1, 0.15) is 44.1 Å². The number of piperidine rings is 1. The van der Waals surface area contributed by atoms with Crippen molar-refractivity contribution in [3.63, 3.8) is 0 Å². The molecule has 2 aromatic rings.